The highest BCUT2D eigenvalue weighted by Gasteiger charge is 2.64. The first-order chi connectivity index (χ1) is 9.67. The number of hydrogen-bond donors (Lipinski definition) is 2. The summed E-state index contributed by atoms with van der Waals surface area (Å²) >= 11 is 0. The highest BCUT2D eigenvalue weighted by Crippen LogP contribution is 2.45. The van der Waals surface area contributed by atoms with Crippen LogP contribution in [0.1, 0.15) is 19.8 Å². The van der Waals surface area contributed by atoms with Gasteiger partial charge in [-0.3, -0.25) is 4.79 Å². The van der Waals surface area contributed by atoms with E-state index in [1.54, 1.807) is 6.92 Å². The van der Waals surface area contributed by atoms with Crippen molar-refractivity contribution in [3.05, 3.63) is 0 Å². The maximum atomic E-state index is 13.0. The van der Waals surface area contributed by atoms with Crippen molar-refractivity contribution >= 4 is 12.0 Å². The Morgan fingerprint density at radius 2 is 2.10 bits per heavy atom. The van der Waals surface area contributed by atoms with Crippen LogP contribution < -0.4 is 5.32 Å². The van der Waals surface area contributed by atoms with Crippen molar-refractivity contribution in [2.24, 2.45) is 5.41 Å². The molecule has 0 spiro atoms. The zero-order valence-electron chi connectivity index (χ0n) is 11.9. The van der Waals surface area contributed by atoms with E-state index in [0.29, 0.717) is 6.42 Å². The van der Waals surface area contributed by atoms with Gasteiger partial charge in [-0.2, -0.15) is 13.2 Å². The highest BCUT2D eigenvalue weighted by atomic mass is 19.4. The zero-order chi connectivity index (χ0) is 16.3. The van der Waals surface area contributed by atoms with Crippen LogP contribution in [0.25, 0.3) is 0 Å². The maximum absolute atomic E-state index is 13.0. The fourth-order valence-corrected chi connectivity index (χ4v) is 2.24. The SMILES string of the molecule is CCC(COC)NC(=O)N1CCC(C(=O)O)(C(F)(F)F)C1. The Bertz CT molecular complexity index is 402. The predicted molar refractivity (Wildman–Crippen MR) is 66.8 cm³/mol. The van der Waals surface area contributed by atoms with Crippen LogP contribution >= 0.6 is 0 Å². The van der Waals surface area contributed by atoms with Gasteiger partial charge in [-0.15, -0.1) is 0 Å². The van der Waals surface area contributed by atoms with E-state index in [-0.39, 0.29) is 19.2 Å². The molecule has 0 aliphatic carbocycles. The number of aliphatic carboxylic acids is 1. The first-order valence-corrected chi connectivity index (χ1v) is 6.52. The number of carbonyl (C=O) groups excluding carboxylic acids is 1. The van der Waals surface area contributed by atoms with Gasteiger partial charge in [0, 0.05) is 20.2 Å². The average molecular weight is 312 g/mol. The number of methoxy groups -OCH3 is 1. The van der Waals surface area contributed by atoms with Crippen LogP contribution in [-0.4, -0.2) is 61.0 Å². The van der Waals surface area contributed by atoms with Crippen molar-refractivity contribution in [2.45, 2.75) is 32.0 Å². The van der Waals surface area contributed by atoms with Crippen LogP contribution in [0.15, 0.2) is 0 Å². The quantitative estimate of drug-likeness (QED) is 0.805. The first-order valence-electron chi connectivity index (χ1n) is 6.52. The van der Waals surface area contributed by atoms with Gasteiger partial charge in [0.15, 0.2) is 5.41 Å². The molecule has 2 amide bonds. The lowest BCUT2D eigenvalue weighted by Gasteiger charge is -2.28. The van der Waals surface area contributed by atoms with Gasteiger partial charge in [-0.25, -0.2) is 4.79 Å². The smallest absolute Gasteiger partial charge is 0.406 e. The monoisotopic (exact) mass is 312 g/mol. The Kier molecular flexibility index (Phi) is 5.43. The number of likely N-dealkylation sites (tertiary alicyclic amines) is 1. The molecule has 2 N–H and O–H groups in total. The lowest BCUT2D eigenvalue weighted by molar-refractivity contribution is -0.226. The number of nitrogens with one attached hydrogen (secondary N) is 1. The van der Waals surface area contributed by atoms with E-state index in [1.165, 1.54) is 7.11 Å². The molecule has 0 aromatic heterocycles. The molecule has 0 bridgehead atoms. The van der Waals surface area contributed by atoms with Crippen LogP contribution in [0.5, 0.6) is 0 Å². The molecular weight excluding hydrogens is 293 g/mol. The van der Waals surface area contributed by atoms with Gasteiger partial charge in [0.05, 0.1) is 12.6 Å². The van der Waals surface area contributed by atoms with E-state index < -0.39 is 36.6 Å². The summed E-state index contributed by atoms with van der Waals surface area (Å²) < 4.78 is 43.9. The van der Waals surface area contributed by atoms with E-state index in [4.69, 9.17) is 9.84 Å². The third kappa shape index (κ3) is 3.58. The molecule has 122 valence electrons. The lowest BCUT2D eigenvalue weighted by atomic mass is 9.86. The first kappa shape index (κ1) is 17.5. The van der Waals surface area contributed by atoms with E-state index in [9.17, 15) is 22.8 Å². The topological polar surface area (TPSA) is 78.9 Å². The summed E-state index contributed by atoms with van der Waals surface area (Å²) in [5, 5.41) is 11.5. The van der Waals surface area contributed by atoms with Crippen LogP contribution in [-0.2, 0) is 9.53 Å². The number of nitrogens with zero attached hydrogens (tertiary/aromatic N) is 1. The number of carboxylic acids is 1. The Morgan fingerprint density at radius 1 is 1.48 bits per heavy atom. The standard InChI is InChI=1S/C12H19F3N2O4/c1-3-8(6-21-2)16-10(20)17-5-4-11(7-17,9(18)19)12(13,14)15/h8H,3-7H2,1-2H3,(H,16,20)(H,18,19). The summed E-state index contributed by atoms with van der Waals surface area (Å²) in [4.78, 5) is 23.8. The number of halogens is 3. The number of hydrogen-bond acceptors (Lipinski definition) is 3. The number of alkyl halides is 3. The predicted octanol–water partition coefficient (Wildman–Crippen LogP) is 1.46. The van der Waals surface area contributed by atoms with E-state index in [0.717, 1.165) is 4.90 Å². The molecule has 1 fully saturated rings. The van der Waals surface area contributed by atoms with E-state index in [2.05, 4.69) is 5.32 Å². The Balaban J connectivity index is 2.76. The zero-order valence-corrected chi connectivity index (χ0v) is 11.9. The lowest BCUT2D eigenvalue weighted by Crippen LogP contribution is -2.50. The fourth-order valence-electron chi connectivity index (χ4n) is 2.24. The molecule has 9 heteroatoms. The number of ether oxygens (including phenoxy) is 1. The van der Waals surface area contributed by atoms with Gasteiger partial charge in [-0.1, -0.05) is 6.92 Å². The number of carbonyl (C=O) groups is 2. The van der Waals surface area contributed by atoms with Crippen molar-refractivity contribution in [1.29, 1.82) is 0 Å². The number of carboxylic acid groups (broad SMARTS) is 1. The van der Waals surface area contributed by atoms with Crippen molar-refractivity contribution in [1.82, 2.24) is 10.2 Å². The summed E-state index contributed by atoms with van der Waals surface area (Å²) in [5.41, 5.74) is -2.88. The van der Waals surface area contributed by atoms with Gasteiger partial charge >= 0.3 is 18.2 Å². The molecule has 1 aliphatic heterocycles. The van der Waals surface area contributed by atoms with Crippen molar-refractivity contribution in [2.75, 3.05) is 26.8 Å². The summed E-state index contributed by atoms with van der Waals surface area (Å²) in [5.74, 6) is -1.95. The second-order valence-corrected chi connectivity index (χ2v) is 5.07. The second-order valence-electron chi connectivity index (χ2n) is 5.07. The molecule has 2 atom stereocenters. The summed E-state index contributed by atoms with van der Waals surface area (Å²) in [6.45, 7) is 0.909. The third-order valence-electron chi connectivity index (χ3n) is 3.70. The molecule has 21 heavy (non-hydrogen) atoms. The molecule has 1 saturated heterocycles. The summed E-state index contributed by atoms with van der Waals surface area (Å²) in [6.07, 6.45) is -4.98. The third-order valence-corrected chi connectivity index (χ3v) is 3.70. The Hall–Kier alpha value is -1.51. The minimum Gasteiger partial charge on any atom is -0.481 e. The van der Waals surface area contributed by atoms with E-state index >= 15 is 0 Å². The molecule has 1 heterocycles. The van der Waals surface area contributed by atoms with Gasteiger partial charge < -0.3 is 20.1 Å². The van der Waals surface area contributed by atoms with Gasteiger partial charge in [0.2, 0.25) is 0 Å². The summed E-state index contributed by atoms with van der Waals surface area (Å²) in [7, 11) is 1.45. The molecule has 0 saturated carbocycles. The van der Waals surface area contributed by atoms with Crippen LogP contribution in [0.4, 0.5) is 18.0 Å². The average Bonchev–Trinajstić information content (AvgIpc) is 2.84. The Morgan fingerprint density at radius 3 is 2.48 bits per heavy atom. The molecule has 0 radical (unpaired) electrons. The number of rotatable bonds is 5. The largest absolute Gasteiger partial charge is 0.481 e. The van der Waals surface area contributed by atoms with Crippen molar-refractivity contribution in [3.8, 4) is 0 Å². The normalized spacial score (nSPS) is 24.0. The van der Waals surface area contributed by atoms with Gasteiger partial charge in [-0.05, 0) is 12.8 Å². The van der Waals surface area contributed by atoms with Crippen molar-refractivity contribution < 1.29 is 32.6 Å². The van der Waals surface area contributed by atoms with Gasteiger partial charge in [0.1, 0.15) is 0 Å². The van der Waals surface area contributed by atoms with Crippen LogP contribution in [0.3, 0.4) is 0 Å². The fraction of sp³-hybridized carbons (Fsp3) is 0.833. The molecule has 2 unspecified atom stereocenters. The molecule has 0 aromatic carbocycles. The molecule has 0 aromatic rings. The molecular formula is C12H19F3N2O4. The minimum atomic E-state index is -4.90. The van der Waals surface area contributed by atoms with Gasteiger partial charge in [0.25, 0.3) is 0 Å². The van der Waals surface area contributed by atoms with Crippen LogP contribution in [0.2, 0.25) is 0 Å². The number of amides is 2. The maximum Gasteiger partial charge on any atom is 0.406 e. The summed E-state index contributed by atoms with van der Waals surface area (Å²) in [6, 6.07) is -1.03. The molecule has 6 nitrogen and oxygen atoms in total. The Labute approximate surface area is 120 Å². The van der Waals surface area contributed by atoms with E-state index in [1.807, 2.05) is 0 Å². The van der Waals surface area contributed by atoms with Crippen LogP contribution in [0, 0.1) is 5.41 Å². The highest BCUT2D eigenvalue weighted by molar-refractivity contribution is 5.80. The molecule has 1 aliphatic rings. The minimum absolute atomic E-state index is 0.236. The number of urea groups is 1. The molecule has 1 rings (SSSR count). The second kappa shape index (κ2) is 6.50. The van der Waals surface area contributed by atoms with Crippen molar-refractivity contribution in [3.63, 3.8) is 0 Å².